The highest BCUT2D eigenvalue weighted by atomic mass is 16.5. The molecule has 0 radical (unpaired) electrons. The summed E-state index contributed by atoms with van der Waals surface area (Å²) >= 11 is 0. The van der Waals surface area contributed by atoms with E-state index < -0.39 is 18.0 Å². The molecule has 0 saturated heterocycles. The van der Waals surface area contributed by atoms with Gasteiger partial charge in [-0.25, -0.2) is 9.59 Å². The molecule has 5 rings (SSSR count). The Balaban J connectivity index is 1.30. The Morgan fingerprint density at radius 3 is 2.16 bits per heavy atom. The molecule has 4 N–H and O–H groups in total. The summed E-state index contributed by atoms with van der Waals surface area (Å²) in [6, 6.07) is 7.59. The van der Waals surface area contributed by atoms with Gasteiger partial charge in [-0.2, -0.15) is 0 Å². The van der Waals surface area contributed by atoms with Crippen molar-refractivity contribution in [3.8, 4) is 0 Å². The van der Waals surface area contributed by atoms with Crippen molar-refractivity contribution in [1.82, 2.24) is 10.6 Å². The average Bonchev–Trinajstić information content (AvgIpc) is 2.71. The molecule has 4 aliphatic carbocycles. The first-order valence-electron chi connectivity index (χ1n) is 11.4. The molecular weight excluding hydrogens is 394 g/mol. The van der Waals surface area contributed by atoms with Gasteiger partial charge in [0.25, 0.3) is 5.91 Å². The van der Waals surface area contributed by atoms with Crippen molar-refractivity contribution in [1.29, 1.82) is 0 Å². The molecule has 4 bridgehead atoms. The van der Waals surface area contributed by atoms with Gasteiger partial charge in [0.1, 0.15) is 6.04 Å². The minimum atomic E-state index is -0.937. The summed E-state index contributed by atoms with van der Waals surface area (Å²) < 4.78 is 5.24. The molecule has 3 amide bonds. The van der Waals surface area contributed by atoms with Crippen LogP contribution < -0.4 is 16.4 Å². The van der Waals surface area contributed by atoms with Gasteiger partial charge in [0.05, 0.1) is 0 Å². The zero-order valence-electron chi connectivity index (χ0n) is 18.1. The van der Waals surface area contributed by atoms with Gasteiger partial charge >= 0.3 is 12.0 Å². The molecule has 0 unspecified atom stereocenters. The number of amides is 3. The zero-order chi connectivity index (χ0) is 22.0. The maximum absolute atomic E-state index is 12.6. The maximum Gasteiger partial charge on any atom is 0.329 e. The SMILES string of the molecule is C[C@@H](NC(=O)COC(=O)[C@H](Cc1ccccc1)NC(N)=O)C12CC3CC(CC(C3)C1)C2. The first-order valence-corrected chi connectivity index (χ1v) is 11.4. The molecule has 4 aliphatic rings. The molecule has 7 nitrogen and oxygen atoms in total. The van der Waals surface area contributed by atoms with Gasteiger partial charge in [0.15, 0.2) is 6.61 Å². The third kappa shape index (κ3) is 5.02. The van der Waals surface area contributed by atoms with Crippen molar-refractivity contribution in [3.63, 3.8) is 0 Å². The number of carbonyl (C=O) groups excluding carboxylic acids is 3. The second-order valence-electron chi connectivity index (χ2n) is 9.93. The molecule has 31 heavy (non-hydrogen) atoms. The smallest absolute Gasteiger partial charge is 0.329 e. The minimum absolute atomic E-state index is 0.0657. The lowest BCUT2D eigenvalue weighted by molar-refractivity contribution is -0.151. The fourth-order valence-corrected chi connectivity index (χ4v) is 6.60. The first-order chi connectivity index (χ1) is 14.8. The molecule has 1 aromatic rings. The van der Waals surface area contributed by atoms with Crippen LogP contribution in [0.2, 0.25) is 0 Å². The number of urea groups is 1. The summed E-state index contributed by atoms with van der Waals surface area (Å²) in [5, 5.41) is 5.51. The molecule has 1 aromatic carbocycles. The van der Waals surface area contributed by atoms with Crippen LogP contribution >= 0.6 is 0 Å². The van der Waals surface area contributed by atoms with Crippen molar-refractivity contribution >= 4 is 17.9 Å². The highest BCUT2D eigenvalue weighted by Gasteiger charge is 2.53. The standard InChI is InChI=1S/C24H33N3O4/c1-15(24-11-17-7-18(12-24)9-19(8-17)13-24)26-21(28)14-31-22(29)20(27-23(25)30)10-16-5-3-2-4-6-16/h2-6,15,17-20H,7-14H2,1H3,(H,26,28)(H3,25,27,30)/t15-,17?,18?,19?,20+,24?/m1/s1. The highest BCUT2D eigenvalue weighted by Crippen LogP contribution is 2.61. The number of nitrogens with one attached hydrogen (secondary N) is 2. The molecule has 168 valence electrons. The van der Waals surface area contributed by atoms with Crippen LogP contribution in [0.5, 0.6) is 0 Å². The number of esters is 1. The van der Waals surface area contributed by atoms with Gasteiger partial charge in [-0.1, -0.05) is 30.3 Å². The molecule has 7 heteroatoms. The number of benzene rings is 1. The summed E-state index contributed by atoms with van der Waals surface area (Å²) in [6.07, 6.45) is 7.90. The average molecular weight is 428 g/mol. The zero-order valence-corrected chi connectivity index (χ0v) is 18.1. The predicted molar refractivity (Wildman–Crippen MR) is 116 cm³/mol. The van der Waals surface area contributed by atoms with Crippen LogP contribution in [0.1, 0.15) is 51.0 Å². The molecular formula is C24H33N3O4. The van der Waals surface area contributed by atoms with Gasteiger partial charge < -0.3 is 21.1 Å². The minimum Gasteiger partial charge on any atom is -0.454 e. The Labute approximate surface area is 183 Å². The van der Waals surface area contributed by atoms with Gasteiger partial charge in [-0.15, -0.1) is 0 Å². The Hall–Kier alpha value is -2.57. The Morgan fingerprint density at radius 1 is 1.03 bits per heavy atom. The summed E-state index contributed by atoms with van der Waals surface area (Å²) in [4.78, 5) is 36.4. The quantitative estimate of drug-likeness (QED) is 0.554. The van der Waals surface area contributed by atoms with E-state index in [4.69, 9.17) is 10.5 Å². The number of nitrogens with two attached hydrogens (primary N) is 1. The Morgan fingerprint density at radius 2 is 1.61 bits per heavy atom. The number of rotatable bonds is 8. The first kappa shape index (κ1) is 21.7. The van der Waals surface area contributed by atoms with Crippen LogP contribution in [0, 0.1) is 23.2 Å². The third-order valence-corrected chi connectivity index (χ3v) is 7.61. The maximum atomic E-state index is 12.6. The lowest BCUT2D eigenvalue weighted by Gasteiger charge is -2.59. The van der Waals surface area contributed by atoms with Crippen molar-refractivity contribution < 1.29 is 19.1 Å². The fourth-order valence-electron chi connectivity index (χ4n) is 6.60. The molecule has 0 heterocycles. The van der Waals surface area contributed by atoms with Crippen LogP contribution in [-0.2, 0) is 20.7 Å². The monoisotopic (exact) mass is 427 g/mol. The molecule has 0 aromatic heterocycles. The summed E-state index contributed by atoms with van der Waals surface area (Å²) in [6.45, 7) is 1.74. The Bertz CT molecular complexity index is 790. The molecule has 4 fully saturated rings. The molecule has 2 atom stereocenters. The van der Waals surface area contributed by atoms with E-state index in [0.29, 0.717) is 0 Å². The van der Waals surface area contributed by atoms with Crippen molar-refractivity contribution in [2.24, 2.45) is 28.9 Å². The predicted octanol–water partition coefficient (Wildman–Crippen LogP) is 2.53. The molecule has 0 aliphatic heterocycles. The van der Waals surface area contributed by atoms with E-state index in [2.05, 4.69) is 17.6 Å². The summed E-state index contributed by atoms with van der Waals surface area (Å²) in [7, 11) is 0. The summed E-state index contributed by atoms with van der Waals surface area (Å²) in [5.74, 6) is 1.46. The fraction of sp³-hybridized carbons (Fsp3) is 0.625. The normalized spacial score (nSPS) is 30.3. The lowest BCUT2D eigenvalue weighted by Crippen LogP contribution is -2.56. The van der Waals surface area contributed by atoms with Crippen molar-refractivity contribution in [3.05, 3.63) is 35.9 Å². The highest BCUT2D eigenvalue weighted by molar-refractivity contribution is 5.85. The van der Waals surface area contributed by atoms with E-state index >= 15 is 0 Å². The van der Waals surface area contributed by atoms with Gasteiger partial charge in [-0.05, 0) is 74.2 Å². The number of primary amides is 1. The molecule has 0 spiro atoms. The number of ether oxygens (including phenoxy) is 1. The largest absolute Gasteiger partial charge is 0.454 e. The van der Waals surface area contributed by atoms with Crippen molar-refractivity contribution in [2.75, 3.05) is 6.61 Å². The number of hydrogen-bond donors (Lipinski definition) is 3. The van der Waals surface area contributed by atoms with E-state index in [0.717, 1.165) is 23.3 Å². The van der Waals surface area contributed by atoms with Crippen LogP contribution in [0.4, 0.5) is 4.79 Å². The van der Waals surface area contributed by atoms with Crippen molar-refractivity contribution in [2.45, 2.75) is 64.0 Å². The van der Waals surface area contributed by atoms with Crippen LogP contribution in [0.15, 0.2) is 30.3 Å². The lowest BCUT2D eigenvalue weighted by atomic mass is 9.48. The van der Waals surface area contributed by atoms with Crippen LogP contribution in [-0.4, -0.2) is 36.6 Å². The summed E-state index contributed by atoms with van der Waals surface area (Å²) in [5.41, 5.74) is 6.27. The number of hydrogen-bond acceptors (Lipinski definition) is 4. The topological polar surface area (TPSA) is 111 Å². The third-order valence-electron chi connectivity index (χ3n) is 7.61. The molecule has 4 saturated carbocycles. The van der Waals surface area contributed by atoms with E-state index in [1.165, 1.54) is 38.5 Å². The van der Waals surface area contributed by atoms with Gasteiger partial charge in [0.2, 0.25) is 0 Å². The van der Waals surface area contributed by atoms with E-state index in [1.54, 1.807) is 0 Å². The van der Waals surface area contributed by atoms with Crippen LogP contribution in [0.25, 0.3) is 0 Å². The van der Waals surface area contributed by atoms with Gasteiger partial charge in [-0.3, -0.25) is 4.79 Å². The van der Waals surface area contributed by atoms with Gasteiger partial charge in [0, 0.05) is 12.5 Å². The second-order valence-corrected chi connectivity index (χ2v) is 9.93. The van der Waals surface area contributed by atoms with Crippen LogP contribution in [0.3, 0.4) is 0 Å². The van der Waals surface area contributed by atoms with E-state index in [1.807, 2.05) is 30.3 Å². The van der Waals surface area contributed by atoms with E-state index in [-0.39, 0.29) is 30.4 Å². The Kier molecular flexibility index (Phi) is 6.21. The second kappa shape index (κ2) is 8.89. The van der Waals surface area contributed by atoms with E-state index in [9.17, 15) is 14.4 Å². The number of carbonyl (C=O) groups is 3.